The van der Waals surface area contributed by atoms with Gasteiger partial charge in [-0.2, -0.15) is 0 Å². The molecule has 0 radical (unpaired) electrons. The zero-order valence-corrected chi connectivity index (χ0v) is 8.83. The third-order valence-electron chi connectivity index (χ3n) is 2.33. The fourth-order valence-electron chi connectivity index (χ4n) is 0.937. The molecule has 0 bridgehead atoms. The quantitative estimate of drug-likeness (QED) is 0.634. The van der Waals surface area contributed by atoms with Gasteiger partial charge >= 0.3 is 0 Å². The maximum atomic E-state index is 13.2. The highest BCUT2D eigenvalue weighted by molar-refractivity contribution is 6.75. The van der Waals surface area contributed by atoms with Crippen molar-refractivity contribution in [1.29, 1.82) is 0 Å². The molecule has 0 aromatic heterocycles. The van der Waals surface area contributed by atoms with Gasteiger partial charge in [-0.15, -0.1) is 0 Å². The van der Waals surface area contributed by atoms with E-state index in [1.165, 1.54) is 13.7 Å². The first-order valence-corrected chi connectivity index (χ1v) is 6.50. The molecule has 2 atom stereocenters. The van der Waals surface area contributed by atoms with Crippen LogP contribution < -0.4 is 0 Å². The topological polar surface area (TPSA) is 9.23 Å². The first-order valence-electron chi connectivity index (χ1n) is 3.89. The van der Waals surface area contributed by atoms with Crippen LogP contribution in [0.2, 0.25) is 12.6 Å². The molecule has 0 aromatic rings. The first kappa shape index (κ1) is 12.0. The molecule has 0 fully saturated rings. The Hall–Kier alpha value is -0.0331. The van der Waals surface area contributed by atoms with E-state index in [0.29, 0.717) is 0 Å². The minimum Gasteiger partial charge on any atom is -0.413 e. The largest absolute Gasteiger partial charge is 0.413 e. The lowest BCUT2D eigenvalue weighted by Gasteiger charge is -2.33. The van der Waals surface area contributed by atoms with Crippen LogP contribution in [-0.2, 0) is 4.43 Å². The minimum absolute atomic E-state index is 0.213. The lowest BCUT2D eigenvalue weighted by Crippen LogP contribution is -2.56. The summed E-state index contributed by atoms with van der Waals surface area (Å²) in [6, 6.07) is 0.213. The molecule has 0 aliphatic heterocycles. The zero-order chi connectivity index (χ0) is 9.99. The molecule has 0 amide bonds. The van der Waals surface area contributed by atoms with Crippen LogP contribution in [0.15, 0.2) is 0 Å². The molecule has 0 rings (SSSR count). The number of halogens is 3. The van der Waals surface area contributed by atoms with Crippen molar-refractivity contribution >= 4 is 8.32 Å². The van der Waals surface area contributed by atoms with Crippen LogP contribution >= 0.6 is 0 Å². The van der Waals surface area contributed by atoms with Gasteiger partial charge in [-0.05, 0) is 19.5 Å². The van der Waals surface area contributed by atoms with E-state index in [9.17, 15) is 13.2 Å². The van der Waals surface area contributed by atoms with Gasteiger partial charge < -0.3 is 4.43 Å². The Morgan fingerprint density at radius 2 is 1.92 bits per heavy atom. The molecule has 1 nitrogen and oxygen atoms in total. The van der Waals surface area contributed by atoms with Gasteiger partial charge in [-0.25, -0.2) is 13.2 Å². The van der Waals surface area contributed by atoms with E-state index >= 15 is 0 Å². The summed E-state index contributed by atoms with van der Waals surface area (Å²) in [6.45, 7) is 3.83. The van der Waals surface area contributed by atoms with Crippen molar-refractivity contribution in [2.75, 3.05) is 7.11 Å². The predicted molar refractivity (Wildman–Crippen MR) is 44.6 cm³/mol. The summed E-state index contributed by atoms with van der Waals surface area (Å²) in [5.41, 5.74) is -3.30. The summed E-state index contributed by atoms with van der Waals surface area (Å²) >= 11 is 0. The van der Waals surface area contributed by atoms with Crippen LogP contribution in [-0.4, -0.2) is 27.1 Å². The summed E-state index contributed by atoms with van der Waals surface area (Å²) in [5.74, 6) is 0. The van der Waals surface area contributed by atoms with Crippen molar-refractivity contribution in [2.45, 2.75) is 38.2 Å². The highest BCUT2D eigenvalue weighted by Gasteiger charge is 2.56. The summed E-state index contributed by atoms with van der Waals surface area (Å²) < 4.78 is 43.6. The third kappa shape index (κ3) is 1.82. The molecule has 5 heteroatoms. The minimum atomic E-state index is -3.30. The molecule has 0 N–H and O–H groups in total. The summed E-state index contributed by atoms with van der Waals surface area (Å²) in [6.07, 6.45) is -2.13. The van der Waals surface area contributed by atoms with Gasteiger partial charge in [0.05, 0.1) is 0 Å². The van der Waals surface area contributed by atoms with Crippen LogP contribution in [0, 0.1) is 0 Å². The zero-order valence-electron chi connectivity index (χ0n) is 7.83. The Bertz CT molecular complexity index is 143. The van der Waals surface area contributed by atoms with Crippen LogP contribution in [0.3, 0.4) is 0 Å². The van der Waals surface area contributed by atoms with Crippen molar-refractivity contribution in [3.05, 3.63) is 0 Å². The Kier molecular flexibility index (Phi) is 3.77. The van der Waals surface area contributed by atoms with Crippen molar-refractivity contribution in [3.63, 3.8) is 0 Å². The number of rotatable bonds is 4. The molecule has 0 aromatic carbocycles. The Morgan fingerprint density at radius 3 is 2.00 bits per heavy atom. The monoisotopic (exact) mass is 200 g/mol. The van der Waals surface area contributed by atoms with E-state index < -0.39 is 20.0 Å². The van der Waals surface area contributed by atoms with E-state index in [1.54, 1.807) is 6.92 Å². The molecule has 0 saturated carbocycles. The van der Waals surface area contributed by atoms with Crippen molar-refractivity contribution < 1.29 is 17.6 Å². The van der Waals surface area contributed by atoms with E-state index in [0.717, 1.165) is 6.92 Å². The Labute approximate surface area is 72.0 Å². The van der Waals surface area contributed by atoms with Crippen molar-refractivity contribution in [2.24, 2.45) is 0 Å². The standard InChI is InChI=1S/C7H15F3OSi/c1-5-12(4,11-3)7(9,10)6(2)8/h6H,5H2,1-4H3. The second kappa shape index (κ2) is 3.78. The maximum absolute atomic E-state index is 13.2. The van der Waals surface area contributed by atoms with Gasteiger partial charge in [-0.3, -0.25) is 0 Å². The van der Waals surface area contributed by atoms with Gasteiger partial charge in [0.25, 0.3) is 13.9 Å². The highest BCUT2D eigenvalue weighted by atomic mass is 28.4. The normalized spacial score (nSPS) is 20.2. The highest BCUT2D eigenvalue weighted by Crippen LogP contribution is 2.35. The SMILES string of the molecule is CC[Si](C)(OC)C(F)(F)C(C)F. The second-order valence-corrected chi connectivity index (χ2v) is 7.27. The average Bonchev–Trinajstić information content (AvgIpc) is 2.02. The van der Waals surface area contributed by atoms with E-state index in [4.69, 9.17) is 4.43 Å². The van der Waals surface area contributed by atoms with Crippen molar-refractivity contribution in [1.82, 2.24) is 0 Å². The molecule has 74 valence electrons. The second-order valence-electron chi connectivity index (χ2n) is 3.03. The number of alkyl halides is 3. The van der Waals surface area contributed by atoms with Gasteiger partial charge in [0.1, 0.15) is 0 Å². The molecular weight excluding hydrogens is 185 g/mol. The van der Waals surface area contributed by atoms with Crippen LogP contribution in [0.25, 0.3) is 0 Å². The van der Waals surface area contributed by atoms with Gasteiger partial charge in [0.15, 0.2) is 6.17 Å². The van der Waals surface area contributed by atoms with Crippen molar-refractivity contribution in [3.8, 4) is 0 Å². The fourth-order valence-corrected chi connectivity index (χ4v) is 2.81. The molecule has 2 unspecified atom stereocenters. The number of hydrogen-bond acceptors (Lipinski definition) is 1. The Balaban J connectivity index is 4.70. The first-order chi connectivity index (χ1) is 5.31. The average molecular weight is 200 g/mol. The predicted octanol–water partition coefficient (Wildman–Crippen LogP) is 2.76. The molecule has 12 heavy (non-hydrogen) atoms. The van der Waals surface area contributed by atoms with Gasteiger partial charge in [-0.1, -0.05) is 6.92 Å². The van der Waals surface area contributed by atoms with Crippen LogP contribution in [0.4, 0.5) is 13.2 Å². The lowest BCUT2D eigenvalue weighted by atomic mass is 10.5. The molecule has 0 aliphatic rings. The molecule has 0 saturated heterocycles. The molecular formula is C7H15F3OSi. The van der Waals surface area contributed by atoms with Gasteiger partial charge in [0, 0.05) is 7.11 Å². The summed E-state index contributed by atoms with van der Waals surface area (Å²) in [4.78, 5) is 0. The molecule has 0 spiro atoms. The lowest BCUT2D eigenvalue weighted by molar-refractivity contribution is -0.0134. The van der Waals surface area contributed by atoms with Gasteiger partial charge in [0.2, 0.25) is 0 Å². The fraction of sp³-hybridized carbons (Fsp3) is 1.00. The summed E-state index contributed by atoms with van der Waals surface area (Å²) in [7, 11) is -1.97. The molecule has 0 heterocycles. The van der Waals surface area contributed by atoms with E-state index in [2.05, 4.69) is 0 Å². The van der Waals surface area contributed by atoms with E-state index in [1.807, 2.05) is 0 Å². The Morgan fingerprint density at radius 1 is 1.50 bits per heavy atom. The number of hydrogen-bond donors (Lipinski definition) is 0. The smallest absolute Gasteiger partial charge is 0.286 e. The third-order valence-corrected chi connectivity index (χ3v) is 6.39. The summed E-state index contributed by atoms with van der Waals surface area (Å²) in [5, 5.41) is 0. The molecule has 0 aliphatic carbocycles. The van der Waals surface area contributed by atoms with Crippen LogP contribution in [0.1, 0.15) is 13.8 Å². The van der Waals surface area contributed by atoms with Crippen LogP contribution in [0.5, 0.6) is 0 Å². The van der Waals surface area contributed by atoms with E-state index in [-0.39, 0.29) is 6.04 Å². The maximum Gasteiger partial charge on any atom is 0.286 e.